The van der Waals surface area contributed by atoms with Gasteiger partial charge in [0.1, 0.15) is 0 Å². The van der Waals surface area contributed by atoms with Gasteiger partial charge in [0.25, 0.3) is 4.92 Å². The molecule has 0 atom stereocenters. The summed E-state index contributed by atoms with van der Waals surface area (Å²) in [5.74, 6) is -1.33. The first-order chi connectivity index (χ1) is 7.75. The van der Waals surface area contributed by atoms with Gasteiger partial charge in [-0.2, -0.15) is 0 Å². The SMILES string of the molecule is CO[N+](=O)c1cc(C(=O)O)cc(S(C)(=O)=O)c1. The van der Waals surface area contributed by atoms with Crippen molar-refractivity contribution in [3.05, 3.63) is 28.7 Å². The molecule has 0 aromatic heterocycles. The van der Waals surface area contributed by atoms with Crippen LogP contribution in [-0.2, 0) is 14.7 Å². The van der Waals surface area contributed by atoms with Crippen molar-refractivity contribution in [1.29, 1.82) is 0 Å². The third kappa shape index (κ3) is 3.00. The summed E-state index contributed by atoms with van der Waals surface area (Å²) < 4.78 is 22.6. The van der Waals surface area contributed by atoms with Gasteiger partial charge < -0.3 is 5.11 Å². The predicted octanol–water partition coefficient (Wildman–Crippen LogP) is 0.760. The molecule has 0 heterocycles. The van der Waals surface area contributed by atoms with Crippen molar-refractivity contribution in [2.75, 3.05) is 13.4 Å². The highest BCUT2D eigenvalue weighted by atomic mass is 32.2. The van der Waals surface area contributed by atoms with Gasteiger partial charge in [0.05, 0.1) is 15.4 Å². The third-order valence-corrected chi connectivity index (χ3v) is 3.04. The Kier molecular flexibility index (Phi) is 3.47. The van der Waals surface area contributed by atoms with Crippen molar-refractivity contribution >= 4 is 21.5 Å². The molecular weight excluding hydrogens is 250 g/mol. The fraction of sp³-hybridized carbons (Fsp3) is 0.222. The molecule has 0 unspecified atom stereocenters. The first-order valence-corrected chi connectivity index (χ1v) is 6.24. The van der Waals surface area contributed by atoms with E-state index in [2.05, 4.69) is 4.84 Å². The van der Waals surface area contributed by atoms with Gasteiger partial charge in [0, 0.05) is 18.4 Å². The van der Waals surface area contributed by atoms with E-state index in [4.69, 9.17) is 5.11 Å². The fourth-order valence-corrected chi connectivity index (χ4v) is 1.81. The summed E-state index contributed by atoms with van der Waals surface area (Å²) in [5, 5.41) is 8.80. The molecule has 0 radical (unpaired) electrons. The van der Waals surface area contributed by atoms with Crippen LogP contribution in [0.1, 0.15) is 10.4 Å². The van der Waals surface area contributed by atoms with Gasteiger partial charge in [-0.05, 0) is 6.07 Å². The first kappa shape index (κ1) is 13.1. The van der Waals surface area contributed by atoms with Crippen LogP contribution in [-0.4, -0.2) is 37.8 Å². The van der Waals surface area contributed by atoms with Crippen LogP contribution in [0.25, 0.3) is 0 Å². The van der Waals surface area contributed by atoms with Crippen molar-refractivity contribution in [1.82, 2.24) is 0 Å². The van der Waals surface area contributed by atoms with Gasteiger partial charge in [0.15, 0.2) is 16.9 Å². The molecular formula is C9H10NO6S+. The zero-order valence-corrected chi connectivity index (χ0v) is 9.89. The van der Waals surface area contributed by atoms with Crippen LogP contribution < -0.4 is 0 Å². The maximum atomic E-state index is 11.3. The Morgan fingerprint density at radius 2 is 1.94 bits per heavy atom. The van der Waals surface area contributed by atoms with Gasteiger partial charge in [-0.25, -0.2) is 18.0 Å². The standard InChI is InChI=1S/C9H9NO6S/c1-16-10(13)7-3-6(9(11)12)4-8(5-7)17(2,14)15/h3-5H,1-2H3/p+1. The molecule has 0 saturated carbocycles. The normalized spacial score (nSPS) is 10.9. The molecule has 0 aliphatic rings. The molecule has 1 aromatic carbocycles. The zero-order chi connectivity index (χ0) is 13.2. The van der Waals surface area contributed by atoms with E-state index in [-0.39, 0.29) is 21.1 Å². The second-order valence-corrected chi connectivity index (χ2v) is 5.25. The Balaban J connectivity index is 3.50. The molecule has 0 bridgehead atoms. The van der Waals surface area contributed by atoms with E-state index in [1.807, 2.05) is 0 Å². The van der Waals surface area contributed by atoms with E-state index >= 15 is 0 Å². The summed E-state index contributed by atoms with van der Waals surface area (Å²) in [7, 11) is -2.52. The van der Waals surface area contributed by atoms with E-state index in [1.54, 1.807) is 0 Å². The van der Waals surface area contributed by atoms with Crippen LogP contribution >= 0.6 is 0 Å². The summed E-state index contributed by atoms with van der Waals surface area (Å²) in [6.07, 6.45) is 0.916. The number of carboxylic acid groups (broad SMARTS) is 1. The highest BCUT2D eigenvalue weighted by Gasteiger charge is 2.22. The number of carboxylic acids is 1. The minimum Gasteiger partial charge on any atom is -0.478 e. The van der Waals surface area contributed by atoms with E-state index in [9.17, 15) is 18.1 Å². The Morgan fingerprint density at radius 3 is 2.35 bits per heavy atom. The molecule has 1 rings (SSSR count). The van der Waals surface area contributed by atoms with Gasteiger partial charge in [-0.3, -0.25) is 0 Å². The smallest absolute Gasteiger partial charge is 0.335 e. The van der Waals surface area contributed by atoms with Crippen LogP contribution in [0.4, 0.5) is 5.69 Å². The number of aromatic carboxylic acids is 1. The van der Waals surface area contributed by atoms with Gasteiger partial charge in [-0.1, -0.05) is 0 Å². The quantitative estimate of drug-likeness (QED) is 0.802. The fourth-order valence-electron chi connectivity index (χ4n) is 1.13. The number of benzene rings is 1. The average molecular weight is 260 g/mol. The van der Waals surface area contributed by atoms with Crippen molar-refractivity contribution < 1.29 is 28.1 Å². The van der Waals surface area contributed by atoms with E-state index in [1.165, 1.54) is 0 Å². The highest BCUT2D eigenvalue weighted by Crippen LogP contribution is 2.21. The summed E-state index contributed by atoms with van der Waals surface area (Å²) in [6, 6.07) is 3.04. The molecule has 8 heteroatoms. The number of hydrogen-bond donors (Lipinski definition) is 1. The van der Waals surface area contributed by atoms with Crippen LogP contribution in [0.3, 0.4) is 0 Å². The molecule has 0 spiro atoms. The minimum atomic E-state index is -3.61. The lowest BCUT2D eigenvalue weighted by atomic mass is 10.2. The number of rotatable bonds is 4. The number of hydrogen-bond acceptors (Lipinski definition) is 5. The van der Waals surface area contributed by atoms with Crippen LogP contribution in [0.15, 0.2) is 23.1 Å². The average Bonchev–Trinajstić information content (AvgIpc) is 2.26. The van der Waals surface area contributed by atoms with Crippen LogP contribution in [0.5, 0.6) is 0 Å². The summed E-state index contributed by atoms with van der Waals surface area (Å²) in [4.78, 5) is 26.1. The lowest BCUT2D eigenvalue weighted by Crippen LogP contribution is -2.06. The van der Waals surface area contributed by atoms with Crippen molar-refractivity contribution in [2.45, 2.75) is 4.90 Å². The van der Waals surface area contributed by atoms with Gasteiger partial charge in [0.2, 0.25) is 0 Å². The maximum Gasteiger partial charge on any atom is 0.335 e. The van der Waals surface area contributed by atoms with Crippen molar-refractivity contribution in [2.24, 2.45) is 0 Å². The molecule has 0 saturated heterocycles. The summed E-state index contributed by atoms with van der Waals surface area (Å²) in [6.45, 7) is 0. The first-order valence-electron chi connectivity index (χ1n) is 4.35. The molecule has 0 aliphatic heterocycles. The molecule has 92 valence electrons. The molecule has 0 fully saturated rings. The van der Waals surface area contributed by atoms with Crippen LogP contribution in [0, 0.1) is 4.91 Å². The van der Waals surface area contributed by atoms with E-state index in [0.717, 1.165) is 31.6 Å². The van der Waals surface area contributed by atoms with Crippen LogP contribution in [0.2, 0.25) is 0 Å². The Labute approximate surface area is 97.1 Å². The molecule has 0 aliphatic carbocycles. The Bertz CT molecular complexity index is 577. The number of nitrogens with zero attached hydrogens (tertiary/aromatic N) is 1. The minimum absolute atomic E-state index is 0.0289. The molecule has 0 amide bonds. The summed E-state index contributed by atoms with van der Waals surface area (Å²) in [5.41, 5.74) is -0.506. The zero-order valence-electron chi connectivity index (χ0n) is 9.08. The van der Waals surface area contributed by atoms with Gasteiger partial charge >= 0.3 is 11.7 Å². The maximum absolute atomic E-state index is 11.3. The molecule has 17 heavy (non-hydrogen) atoms. The predicted molar refractivity (Wildman–Crippen MR) is 56.8 cm³/mol. The van der Waals surface area contributed by atoms with E-state index < -0.39 is 15.8 Å². The lowest BCUT2D eigenvalue weighted by molar-refractivity contribution is -0.736. The summed E-state index contributed by atoms with van der Waals surface area (Å²) >= 11 is 0. The van der Waals surface area contributed by atoms with Gasteiger partial charge in [-0.15, -0.1) is 0 Å². The van der Waals surface area contributed by atoms with Crippen molar-refractivity contribution in [3.8, 4) is 0 Å². The lowest BCUT2D eigenvalue weighted by Gasteiger charge is -2.00. The molecule has 1 aromatic rings. The Morgan fingerprint density at radius 1 is 1.35 bits per heavy atom. The second-order valence-electron chi connectivity index (χ2n) is 3.23. The Hall–Kier alpha value is -1.96. The number of sulfone groups is 1. The van der Waals surface area contributed by atoms with Crippen molar-refractivity contribution in [3.63, 3.8) is 0 Å². The largest absolute Gasteiger partial charge is 0.478 e. The third-order valence-electron chi connectivity index (χ3n) is 1.94. The molecule has 1 N–H and O–H groups in total. The van der Waals surface area contributed by atoms with E-state index in [0.29, 0.717) is 0 Å². The highest BCUT2D eigenvalue weighted by molar-refractivity contribution is 7.90. The topological polar surface area (TPSA) is 101 Å². The number of carbonyl (C=O) groups is 1. The molecule has 7 nitrogen and oxygen atoms in total. The monoisotopic (exact) mass is 260 g/mol. The second kappa shape index (κ2) is 4.50.